The zero-order valence-corrected chi connectivity index (χ0v) is 19.5. The molecule has 3 N–H and O–H groups in total. The minimum Gasteiger partial charge on any atom is -0.387 e. The van der Waals surface area contributed by atoms with Gasteiger partial charge in [-0.3, -0.25) is 4.79 Å². The normalized spacial score (nSPS) is 13.5. The van der Waals surface area contributed by atoms with Gasteiger partial charge in [-0.15, -0.1) is 0 Å². The summed E-state index contributed by atoms with van der Waals surface area (Å²) in [5.74, 6) is 0.0813. The molecule has 0 saturated carbocycles. The largest absolute Gasteiger partial charge is 0.387 e. The number of imidazole rings is 1. The van der Waals surface area contributed by atoms with Crippen LogP contribution in [-0.2, 0) is 11.3 Å². The molecule has 0 aliphatic carbocycles. The Morgan fingerprint density at radius 2 is 1.73 bits per heavy atom. The highest BCUT2D eigenvalue weighted by Crippen LogP contribution is 2.39. The molecule has 3 rings (SSSR count). The molecule has 6 nitrogen and oxygen atoms in total. The number of nitrogens with zero attached hydrogens (tertiary/aromatic N) is 3. The summed E-state index contributed by atoms with van der Waals surface area (Å²) in [7, 11) is 0. The van der Waals surface area contributed by atoms with Crippen LogP contribution in [0.1, 0.15) is 38.2 Å². The van der Waals surface area contributed by atoms with Crippen LogP contribution in [0.2, 0.25) is 0 Å². The molecule has 3 aromatic rings. The number of alkyl halides is 1. The first-order valence-electron chi connectivity index (χ1n) is 11.2. The van der Waals surface area contributed by atoms with Crippen molar-refractivity contribution in [1.82, 2.24) is 14.5 Å². The number of hydrogen-bond acceptors (Lipinski definition) is 4. The van der Waals surface area contributed by atoms with Gasteiger partial charge in [-0.05, 0) is 11.0 Å². The van der Waals surface area contributed by atoms with Gasteiger partial charge < -0.3 is 20.3 Å². The van der Waals surface area contributed by atoms with Crippen molar-refractivity contribution in [3.8, 4) is 11.3 Å². The zero-order chi connectivity index (χ0) is 24.0. The summed E-state index contributed by atoms with van der Waals surface area (Å²) in [6.45, 7) is 5.35. The monoisotopic (exact) mass is 452 g/mol. The maximum Gasteiger partial charge on any atom is 0.249 e. The summed E-state index contributed by atoms with van der Waals surface area (Å²) in [6.07, 6.45) is 0.560. The molecule has 176 valence electrons. The molecular weight excluding hydrogens is 419 g/mol. The fourth-order valence-corrected chi connectivity index (χ4v) is 4.03. The molecule has 1 amide bonds. The van der Waals surface area contributed by atoms with Crippen molar-refractivity contribution in [2.24, 2.45) is 11.1 Å². The lowest BCUT2D eigenvalue weighted by Gasteiger charge is -2.40. The third kappa shape index (κ3) is 6.06. The Labute approximate surface area is 194 Å². The van der Waals surface area contributed by atoms with E-state index in [0.717, 1.165) is 16.8 Å². The molecule has 0 aliphatic rings. The molecular formula is C26H33FN4O2. The van der Waals surface area contributed by atoms with E-state index in [-0.39, 0.29) is 13.1 Å². The van der Waals surface area contributed by atoms with E-state index in [9.17, 15) is 14.3 Å². The molecule has 2 aromatic carbocycles. The van der Waals surface area contributed by atoms with E-state index in [0.29, 0.717) is 12.4 Å². The van der Waals surface area contributed by atoms with Crippen molar-refractivity contribution in [2.75, 3.05) is 19.7 Å². The van der Waals surface area contributed by atoms with Crippen LogP contribution >= 0.6 is 0 Å². The van der Waals surface area contributed by atoms with Gasteiger partial charge >= 0.3 is 0 Å². The number of aliphatic hydroxyl groups excluding tert-OH is 1. The quantitative estimate of drug-likeness (QED) is 0.517. The van der Waals surface area contributed by atoms with Crippen molar-refractivity contribution in [2.45, 2.75) is 39.5 Å². The second-order valence-corrected chi connectivity index (χ2v) is 9.27. The van der Waals surface area contributed by atoms with E-state index in [1.165, 1.54) is 4.90 Å². The van der Waals surface area contributed by atoms with Crippen molar-refractivity contribution in [3.05, 3.63) is 78.2 Å². The van der Waals surface area contributed by atoms with Gasteiger partial charge in [0.05, 0.1) is 18.3 Å². The summed E-state index contributed by atoms with van der Waals surface area (Å²) in [5, 5.41) is 9.67. The van der Waals surface area contributed by atoms with Gasteiger partial charge in [0.1, 0.15) is 18.6 Å². The first-order valence-corrected chi connectivity index (χ1v) is 11.2. The Morgan fingerprint density at radius 1 is 1.12 bits per heavy atom. The van der Waals surface area contributed by atoms with Crippen LogP contribution in [0.4, 0.5) is 4.39 Å². The van der Waals surface area contributed by atoms with E-state index < -0.39 is 30.1 Å². The van der Waals surface area contributed by atoms with Crippen LogP contribution in [-0.4, -0.2) is 51.3 Å². The maximum atomic E-state index is 14.4. The molecule has 0 aliphatic heterocycles. The molecule has 0 fully saturated rings. The predicted molar refractivity (Wildman–Crippen MR) is 128 cm³/mol. The molecule has 2 unspecified atom stereocenters. The molecule has 2 atom stereocenters. The van der Waals surface area contributed by atoms with E-state index in [1.54, 1.807) is 0 Å². The molecule has 7 heteroatoms. The number of amides is 1. The number of aliphatic hydroxyl groups is 1. The standard InChI is InChI=1S/C26H33FN4O2/c1-26(2,3)24(31(23(33)18-32)16-21(27)14-28)25-29-22(20-12-8-5-9-13-20)17-30(25)15-19-10-6-4-7-11-19/h4-13,17,21,24,32H,14-16,18,28H2,1-3H3. The highest BCUT2D eigenvalue weighted by molar-refractivity contribution is 5.77. The van der Waals surface area contributed by atoms with Gasteiger partial charge in [0.25, 0.3) is 0 Å². The predicted octanol–water partition coefficient (Wildman–Crippen LogP) is 3.80. The second-order valence-electron chi connectivity index (χ2n) is 9.27. The van der Waals surface area contributed by atoms with Crippen molar-refractivity contribution in [1.29, 1.82) is 0 Å². The van der Waals surface area contributed by atoms with E-state index in [2.05, 4.69) is 0 Å². The van der Waals surface area contributed by atoms with Gasteiger partial charge in [-0.2, -0.15) is 0 Å². The summed E-state index contributed by atoms with van der Waals surface area (Å²) in [6, 6.07) is 19.2. The Hall–Kier alpha value is -3.03. The minimum atomic E-state index is -1.41. The summed E-state index contributed by atoms with van der Waals surface area (Å²) < 4.78 is 16.4. The Balaban J connectivity index is 2.16. The number of rotatable bonds is 9. The number of hydrogen-bond donors (Lipinski definition) is 2. The number of halogens is 1. The Kier molecular flexibility index (Phi) is 8.00. The van der Waals surface area contributed by atoms with Crippen LogP contribution in [0.3, 0.4) is 0 Å². The number of nitrogens with two attached hydrogens (primary N) is 1. The first kappa shape index (κ1) is 24.6. The van der Waals surface area contributed by atoms with Crippen LogP contribution in [0.25, 0.3) is 11.3 Å². The molecule has 0 radical (unpaired) electrons. The van der Waals surface area contributed by atoms with E-state index in [4.69, 9.17) is 10.7 Å². The van der Waals surface area contributed by atoms with Gasteiger partial charge in [0.2, 0.25) is 5.91 Å². The van der Waals surface area contributed by atoms with Gasteiger partial charge in [0.15, 0.2) is 0 Å². The molecule has 0 saturated heterocycles. The Bertz CT molecular complexity index is 1030. The topological polar surface area (TPSA) is 84.4 Å². The second kappa shape index (κ2) is 10.7. The average molecular weight is 453 g/mol. The number of carbonyl (C=O) groups is 1. The summed E-state index contributed by atoms with van der Waals surface area (Å²) >= 11 is 0. The molecule has 0 bridgehead atoms. The SMILES string of the molecule is CC(C)(C)C(c1nc(-c2ccccc2)cn1Cc1ccccc1)N(CC(F)CN)C(=O)CO. The van der Waals surface area contributed by atoms with Crippen LogP contribution in [0.15, 0.2) is 66.9 Å². The fraction of sp³-hybridized carbons (Fsp3) is 0.385. The first-order chi connectivity index (χ1) is 15.7. The molecule has 33 heavy (non-hydrogen) atoms. The zero-order valence-electron chi connectivity index (χ0n) is 19.5. The summed E-state index contributed by atoms with van der Waals surface area (Å²) in [4.78, 5) is 19.1. The van der Waals surface area contributed by atoms with E-state index >= 15 is 0 Å². The number of carbonyl (C=O) groups excluding carboxylic acids is 1. The van der Waals surface area contributed by atoms with Gasteiger partial charge in [-0.25, -0.2) is 9.37 Å². The van der Waals surface area contributed by atoms with Crippen molar-refractivity contribution < 1.29 is 14.3 Å². The lowest BCUT2D eigenvalue weighted by atomic mass is 9.84. The van der Waals surface area contributed by atoms with E-state index in [1.807, 2.05) is 92.2 Å². The van der Waals surface area contributed by atoms with Crippen molar-refractivity contribution >= 4 is 5.91 Å². The third-order valence-electron chi connectivity index (χ3n) is 5.56. The minimum absolute atomic E-state index is 0.209. The smallest absolute Gasteiger partial charge is 0.249 e. The lowest BCUT2D eigenvalue weighted by molar-refractivity contribution is -0.140. The average Bonchev–Trinajstić information content (AvgIpc) is 3.21. The van der Waals surface area contributed by atoms with Gasteiger partial charge in [-0.1, -0.05) is 81.4 Å². The van der Waals surface area contributed by atoms with Crippen molar-refractivity contribution in [3.63, 3.8) is 0 Å². The van der Waals surface area contributed by atoms with Crippen LogP contribution < -0.4 is 5.73 Å². The van der Waals surface area contributed by atoms with Gasteiger partial charge in [0, 0.05) is 24.8 Å². The van der Waals surface area contributed by atoms with Crippen LogP contribution in [0.5, 0.6) is 0 Å². The fourth-order valence-electron chi connectivity index (χ4n) is 4.03. The molecule has 1 aromatic heterocycles. The maximum absolute atomic E-state index is 14.4. The lowest BCUT2D eigenvalue weighted by Crippen LogP contribution is -2.47. The highest BCUT2D eigenvalue weighted by atomic mass is 19.1. The number of benzene rings is 2. The molecule has 0 spiro atoms. The van der Waals surface area contributed by atoms with Crippen LogP contribution in [0, 0.1) is 5.41 Å². The third-order valence-corrected chi connectivity index (χ3v) is 5.56. The number of aromatic nitrogens is 2. The summed E-state index contributed by atoms with van der Waals surface area (Å²) in [5.41, 5.74) is 7.82. The Morgan fingerprint density at radius 3 is 2.27 bits per heavy atom. The molecule has 1 heterocycles. The highest BCUT2D eigenvalue weighted by Gasteiger charge is 2.39.